The molecule has 1 rings (SSSR count). The predicted molar refractivity (Wildman–Crippen MR) is 211 cm³/mol. The summed E-state index contributed by atoms with van der Waals surface area (Å²) in [5, 5.41) is 30.7. The average molecular weight is 737 g/mol. The smallest absolute Gasteiger partial charge is 0.305 e. The molecule has 0 radical (unpaired) electrons. The Morgan fingerprint density at radius 2 is 1.04 bits per heavy atom. The Labute approximate surface area is 318 Å². The monoisotopic (exact) mass is 737 g/mol. The van der Waals surface area contributed by atoms with Gasteiger partial charge in [0.1, 0.15) is 25.1 Å². The van der Waals surface area contributed by atoms with Crippen LogP contribution < -0.4 is 0 Å². The number of aliphatic hydroxyl groups is 3. The molecular weight excluding hydrogens is 656 g/mol. The number of esters is 2. The molecule has 0 spiro atoms. The maximum absolute atomic E-state index is 12.5. The molecule has 1 fully saturated rings. The van der Waals surface area contributed by atoms with Crippen LogP contribution in [0.2, 0.25) is 0 Å². The van der Waals surface area contributed by atoms with Crippen molar-refractivity contribution in [3.05, 3.63) is 12.2 Å². The second-order valence-corrected chi connectivity index (χ2v) is 15.6. The van der Waals surface area contributed by atoms with E-state index in [9.17, 15) is 29.7 Å². The zero-order valence-electron chi connectivity index (χ0n) is 33.6. The molecule has 3 N–H and O–H groups in total. The van der Waals surface area contributed by atoms with Crippen LogP contribution in [-0.4, -0.2) is 64.6 Å². The zero-order chi connectivity index (χ0) is 38.1. The number of ether oxygens (including phenoxy) is 2. The summed E-state index contributed by atoms with van der Waals surface area (Å²) in [6.07, 6.45) is 33.1. The van der Waals surface area contributed by atoms with E-state index in [2.05, 4.69) is 13.8 Å². The number of unbranched alkanes of at least 4 members (excludes halogenated alkanes) is 22. The van der Waals surface area contributed by atoms with Gasteiger partial charge >= 0.3 is 11.9 Å². The van der Waals surface area contributed by atoms with Gasteiger partial charge in [-0.2, -0.15) is 0 Å². The van der Waals surface area contributed by atoms with Crippen LogP contribution >= 0.6 is 0 Å². The molecule has 304 valence electrons. The molecule has 52 heavy (non-hydrogen) atoms. The lowest BCUT2D eigenvalue weighted by molar-refractivity contribution is -0.152. The largest absolute Gasteiger partial charge is 0.463 e. The number of carbonyl (C=O) groups excluding carboxylic acids is 3. The summed E-state index contributed by atoms with van der Waals surface area (Å²) in [6, 6.07) is 0. The summed E-state index contributed by atoms with van der Waals surface area (Å²) in [5.74, 6) is -1.10. The third-order valence-corrected chi connectivity index (χ3v) is 10.6. The van der Waals surface area contributed by atoms with Crippen molar-refractivity contribution in [1.82, 2.24) is 0 Å². The van der Waals surface area contributed by atoms with E-state index >= 15 is 0 Å². The summed E-state index contributed by atoms with van der Waals surface area (Å²) in [6.45, 7) is 4.03. The number of rotatable bonds is 36. The van der Waals surface area contributed by atoms with E-state index in [-0.39, 0.29) is 55.6 Å². The lowest BCUT2D eigenvalue weighted by Gasteiger charge is -2.18. The highest BCUT2D eigenvalue weighted by Gasteiger charge is 2.39. The van der Waals surface area contributed by atoms with E-state index in [0.29, 0.717) is 25.7 Å². The Kier molecular flexibility index (Phi) is 31.3. The normalized spacial score (nSPS) is 18.6. The maximum atomic E-state index is 12.5. The molecule has 1 aliphatic rings. The highest BCUT2D eigenvalue weighted by atomic mass is 16.6. The molecule has 1 aliphatic carbocycles. The highest BCUT2D eigenvalue weighted by Crippen LogP contribution is 2.34. The minimum Gasteiger partial charge on any atom is -0.463 e. The van der Waals surface area contributed by atoms with Crippen LogP contribution in [0.4, 0.5) is 0 Å². The van der Waals surface area contributed by atoms with Crippen LogP contribution in [-0.2, 0) is 23.9 Å². The quantitative estimate of drug-likeness (QED) is 0.0329. The lowest BCUT2D eigenvalue weighted by Crippen LogP contribution is -2.25. The van der Waals surface area contributed by atoms with Crippen LogP contribution in [0.15, 0.2) is 12.2 Å². The second kappa shape index (κ2) is 33.8. The van der Waals surface area contributed by atoms with Crippen LogP contribution in [0.5, 0.6) is 0 Å². The molecule has 0 unspecified atom stereocenters. The standard InChI is InChI=1S/C44H80O8/c1-3-5-7-8-9-10-11-12-13-14-15-16-17-18-19-20-21-26-30-43(49)51-35-38(46)36-52-44(50)31-27-23-22-25-29-39-40(42(48)34-41(39)47)33-32-37(45)28-24-6-4-2/h32-33,37-40,42,45-46,48H,3-31,34-36H2,1-2H3/b33-32+/t37-,38+,39+,40+,42+/m0/s1. The Bertz CT molecular complexity index is 905. The molecule has 1 saturated carbocycles. The van der Waals surface area contributed by atoms with Crippen molar-refractivity contribution in [2.75, 3.05) is 13.2 Å². The Morgan fingerprint density at radius 1 is 0.635 bits per heavy atom. The third kappa shape index (κ3) is 26.9. The van der Waals surface area contributed by atoms with Gasteiger partial charge in [0.05, 0.1) is 12.2 Å². The predicted octanol–water partition coefficient (Wildman–Crippen LogP) is 10.3. The summed E-state index contributed by atoms with van der Waals surface area (Å²) >= 11 is 0. The Hall–Kier alpha value is -1.77. The van der Waals surface area contributed by atoms with Gasteiger partial charge in [0.25, 0.3) is 0 Å². The maximum Gasteiger partial charge on any atom is 0.305 e. The average Bonchev–Trinajstić information content (AvgIpc) is 3.40. The molecule has 0 aliphatic heterocycles. The molecule has 0 heterocycles. The van der Waals surface area contributed by atoms with Gasteiger partial charge in [0.15, 0.2) is 0 Å². The van der Waals surface area contributed by atoms with Crippen LogP contribution in [0.25, 0.3) is 0 Å². The van der Waals surface area contributed by atoms with Gasteiger partial charge in [-0.1, -0.05) is 174 Å². The second-order valence-electron chi connectivity index (χ2n) is 15.6. The summed E-state index contributed by atoms with van der Waals surface area (Å²) in [5.41, 5.74) is 0. The van der Waals surface area contributed by atoms with Crippen molar-refractivity contribution in [1.29, 1.82) is 0 Å². The van der Waals surface area contributed by atoms with Crippen molar-refractivity contribution in [3.63, 3.8) is 0 Å². The van der Waals surface area contributed by atoms with Gasteiger partial charge in [-0.3, -0.25) is 14.4 Å². The van der Waals surface area contributed by atoms with E-state index in [1.54, 1.807) is 6.08 Å². The van der Waals surface area contributed by atoms with Crippen molar-refractivity contribution < 1.29 is 39.2 Å². The first-order valence-electron chi connectivity index (χ1n) is 21.8. The molecule has 0 bridgehead atoms. The van der Waals surface area contributed by atoms with E-state index in [1.807, 2.05) is 6.08 Å². The minimum atomic E-state index is -1.04. The fourth-order valence-electron chi connectivity index (χ4n) is 7.28. The molecule has 0 aromatic carbocycles. The topological polar surface area (TPSA) is 130 Å². The highest BCUT2D eigenvalue weighted by molar-refractivity contribution is 5.84. The fourth-order valence-corrected chi connectivity index (χ4v) is 7.28. The number of hydrogen-bond donors (Lipinski definition) is 3. The number of aliphatic hydroxyl groups excluding tert-OH is 3. The zero-order valence-corrected chi connectivity index (χ0v) is 33.6. The van der Waals surface area contributed by atoms with E-state index < -0.39 is 18.3 Å². The first-order chi connectivity index (χ1) is 25.3. The van der Waals surface area contributed by atoms with Gasteiger partial charge in [-0.15, -0.1) is 0 Å². The molecule has 0 aromatic rings. The van der Waals surface area contributed by atoms with Crippen molar-refractivity contribution in [2.45, 2.75) is 225 Å². The Balaban J connectivity index is 1.96. The number of Topliss-reactive ketones (excluding diaryl/α,β-unsaturated/α-hetero) is 1. The van der Waals surface area contributed by atoms with Gasteiger partial charge in [-0.25, -0.2) is 0 Å². The SMILES string of the molecule is CCCCCCCCCCCCCCCCCCCCC(=O)OC[C@@H](O)COC(=O)CCCCCC[C@H]1C(=O)C[C@@H](O)[C@@H]1/C=C/[C@@H](O)CCCCC. The van der Waals surface area contributed by atoms with Crippen molar-refractivity contribution >= 4 is 17.7 Å². The van der Waals surface area contributed by atoms with Gasteiger partial charge in [-0.05, 0) is 25.7 Å². The summed E-state index contributed by atoms with van der Waals surface area (Å²) < 4.78 is 10.3. The number of ketones is 1. The van der Waals surface area contributed by atoms with Crippen LogP contribution in [0, 0.1) is 11.8 Å². The molecule has 8 heteroatoms. The molecule has 0 amide bonds. The van der Waals surface area contributed by atoms with E-state index in [0.717, 1.165) is 57.8 Å². The first-order valence-corrected chi connectivity index (χ1v) is 21.8. The van der Waals surface area contributed by atoms with Crippen molar-refractivity contribution in [2.24, 2.45) is 11.8 Å². The summed E-state index contributed by atoms with van der Waals surface area (Å²) in [4.78, 5) is 36.6. The molecular formula is C44H80O8. The van der Waals surface area contributed by atoms with E-state index in [4.69, 9.17) is 9.47 Å². The molecule has 8 nitrogen and oxygen atoms in total. The number of hydrogen-bond acceptors (Lipinski definition) is 8. The Morgan fingerprint density at radius 3 is 1.50 bits per heavy atom. The van der Waals surface area contributed by atoms with Crippen LogP contribution in [0.1, 0.15) is 206 Å². The fraction of sp³-hybridized carbons (Fsp3) is 0.886. The third-order valence-electron chi connectivity index (χ3n) is 10.6. The summed E-state index contributed by atoms with van der Waals surface area (Å²) in [7, 11) is 0. The van der Waals surface area contributed by atoms with Gasteiger partial charge < -0.3 is 24.8 Å². The molecule has 0 aromatic heterocycles. The first kappa shape index (κ1) is 48.2. The molecule has 5 atom stereocenters. The number of carbonyl (C=O) groups is 3. The van der Waals surface area contributed by atoms with Crippen molar-refractivity contribution in [3.8, 4) is 0 Å². The molecule has 0 saturated heterocycles. The van der Waals surface area contributed by atoms with Crippen LogP contribution in [0.3, 0.4) is 0 Å². The van der Waals surface area contributed by atoms with Gasteiger partial charge in [0.2, 0.25) is 0 Å². The minimum absolute atomic E-state index is 0.0843. The lowest BCUT2D eigenvalue weighted by atomic mass is 9.88. The van der Waals surface area contributed by atoms with Gasteiger partial charge in [0, 0.05) is 31.1 Å². The van der Waals surface area contributed by atoms with E-state index in [1.165, 1.54) is 96.3 Å².